The summed E-state index contributed by atoms with van der Waals surface area (Å²) in [6.07, 6.45) is 4.81. The lowest BCUT2D eigenvalue weighted by molar-refractivity contribution is 0.521. The molecule has 0 spiro atoms. The van der Waals surface area contributed by atoms with Gasteiger partial charge < -0.3 is 5.32 Å². The number of hydrogen-bond acceptors (Lipinski definition) is 3. The molecular formula is C14H20N4. The molecule has 0 unspecified atom stereocenters. The topological polar surface area (TPSA) is 42.7 Å². The van der Waals surface area contributed by atoms with Crippen LogP contribution in [0.25, 0.3) is 0 Å². The molecule has 2 aromatic heterocycles. The molecule has 0 aromatic carbocycles. The molecule has 18 heavy (non-hydrogen) atoms. The predicted octanol–water partition coefficient (Wildman–Crippen LogP) is 2.19. The van der Waals surface area contributed by atoms with E-state index in [1.807, 2.05) is 29.2 Å². The molecule has 1 N–H and O–H groups in total. The second-order valence-corrected chi connectivity index (χ2v) is 4.63. The fourth-order valence-electron chi connectivity index (χ4n) is 1.74. The summed E-state index contributed by atoms with van der Waals surface area (Å²) < 4.78 is 1.98. The van der Waals surface area contributed by atoms with E-state index in [2.05, 4.69) is 41.4 Å². The Bertz CT molecular complexity index is 462. The third kappa shape index (κ3) is 3.67. The zero-order valence-corrected chi connectivity index (χ0v) is 11.0. The molecule has 0 aliphatic rings. The van der Waals surface area contributed by atoms with Gasteiger partial charge in [-0.2, -0.15) is 5.10 Å². The van der Waals surface area contributed by atoms with Crippen LogP contribution in [0.3, 0.4) is 0 Å². The lowest BCUT2D eigenvalue weighted by Gasteiger charge is -2.04. The summed E-state index contributed by atoms with van der Waals surface area (Å²) in [5.41, 5.74) is 2.21. The molecule has 2 heterocycles. The molecule has 0 aliphatic carbocycles. The normalized spacial score (nSPS) is 11.1. The smallest absolute Gasteiger partial charge is 0.0762 e. The van der Waals surface area contributed by atoms with E-state index in [1.165, 1.54) is 0 Å². The van der Waals surface area contributed by atoms with Crippen molar-refractivity contribution in [2.24, 2.45) is 0 Å². The predicted molar refractivity (Wildman–Crippen MR) is 72.3 cm³/mol. The van der Waals surface area contributed by atoms with Crippen LogP contribution in [-0.2, 0) is 13.0 Å². The highest BCUT2D eigenvalue weighted by Gasteiger charge is 2.01. The SMILES string of the molecule is CC(C)n1ccc(CNCCc2ccccn2)n1. The Kier molecular flexibility index (Phi) is 4.47. The van der Waals surface area contributed by atoms with Gasteiger partial charge in [-0.15, -0.1) is 0 Å². The van der Waals surface area contributed by atoms with E-state index in [1.54, 1.807) is 0 Å². The summed E-state index contributed by atoms with van der Waals surface area (Å²) in [5.74, 6) is 0. The van der Waals surface area contributed by atoms with Gasteiger partial charge in [-0.05, 0) is 32.0 Å². The number of pyridine rings is 1. The molecule has 0 bridgehead atoms. The molecule has 0 fully saturated rings. The number of hydrogen-bond donors (Lipinski definition) is 1. The van der Waals surface area contributed by atoms with Gasteiger partial charge in [0.05, 0.1) is 5.69 Å². The quantitative estimate of drug-likeness (QED) is 0.792. The molecular weight excluding hydrogens is 224 g/mol. The Morgan fingerprint density at radius 1 is 1.22 bits per heavy atom. The third-order valence-electron chi connectivity index (χ3n) is 2.78. The van der Waals surface area contributed by atoms with Crippen molar-refractivity contribution in [2.45, 2.75) is 32.9 Å². The molecule has 0 saturated heterocycles. The van der Waals surface area contributed by atoms with Gasteiger partial charge in [0.25, 0.3) is 0 Å². The zero-order chi connectivity index (χ0) is 12.8. The first-order valence-electron chi connectivity index (χ1n) is 6.40. The van der Waals surface area contributed by atoms with Gasteiger partial charge in [0, 0.05) is 43.6 Å². The first kappa shape index (κ1) is 12.8. The van der Waals surface area contributed by atoms with Crippen molar-refractivity contribution in [3.05, 3.63) is 48.0 Å². The Labute approximate surface area is 108 Å². The van der Waals surface area contributed by atoms with E-state index in [-0.39, 0.29) is 0 Å². The molecule has 2 rings (SSSR count). The summed E-state index contributed by atoms with van der Waals surface area (Å²) in [5, 5.41) is 7.88. The highest BCUT2D eigenvalue weighted by atomic mass is 15.3. The van der Waals surface area contributed by atoms with Gasteiger partial charge in [-0.3, -0.25) is 9.67 Å². The zero-order valence-electron chi connectivity index (χ0n) is 11.0. The molecule has 2 aromatic rings. The van der Waals surface area contributed by atoms with E-state index in [4.69, 9.17) is 0 Å². The van der Waals surface area contributed by atoms with E-state index in [0.717, 1.165) is 30.9 Å². The number of nitrogens with one attached hydrogen (secondary N) is 1. The fourth-order valence-corrected chi connectivity index (χ4v) is 1.74. The number of rotatable bonds is 6. The van der Waals surface area contributed by atoms with Gasteiger partial charge in [-0.1, -0.05) is 6.07 Å². The van der Waals surface area contributed by atoms with Crippen molar-refractivity contribution in [3.63, 3.8) is 0 Å². The average molecular weight is 244 g/mol. The van der Waals surface area contributed by atoms with Crippen molar-refractivity contribution in [1.29, 1.82) is 0 Å². The van der Waals surface area contributed by atoms with Crippen molar-refractivity contribution < 1.29 is 0 Å². The fraction of sp³-hybridized carbons (Fsp3) is 0.429. The van der Waals surface area contributed by atoms with Crippen molar-refractivity contribution >= 4 is 0 Å². The van der Waals surface area contributed by atoms with Crippen LogP contribution in [0.4, 0.5) is 0 Å². The molecule has 0 radical (unpaired) electrons. The standard InChI is InChI=1S/C14H20N4/c1-12(2)18-10-7-14(17-18)11-15-9-6-13-5-3-4-8-16-13/h3-5,7-8,10,12,15H,6,9,11H2,1-2H3. The van der Waals surface area contributed by atoms with Crippen LogP contribution >= 0.6 is 0 Å². The van der Waals surface area contributed by atoms with Crippen LogP contribution in [-0.4, -0.2) is 21.3 Å². The van der Waals surface area contributed by atoms with E-state index < -0.39 is 0 Å². The molecule has 4 heteroatoms. The van der Waals surface area contributed by atoms with Crippen LogP contribution in [0, 0.1) is 0 Å². The van der Waals surface area contributed by atoms with Crippen LogP contribution in [0.15, 0.2) is 36.7 Å². The molecule has 0 aliphatic heterocycles. The molecule has 0 atom stereocenters. The lowest BCUT2D eigenvalue weighted by Crippen LogP contribution is -2.17. The van der Waals surface area contributed by atoms with Crippen LogP contribution in [0.5, 0.6) is 0 Å². The summed E-state index contributed by atoms with van der Waals surface area (Å²) >= 11 is 0. The van der Waals surface area contributed by atoms with Gasteiger partial charge in [0.2, 0.25) is 0 Å². The minimum absolute atomic E-state index is 0.423. The van der Waals surface area contributed by atoms with Crippen molar-refractivity contribution in [2.75, 3.05) is 6.54 Å². The van der Waals surface area contributed by atoms with Crippen LogP contribution in [0.1, 0.15) is 31.3 Å². The minimum Gasteiger partial charge on any atom is -0.311 e. The Morgan fingerprint density at radius 2 is 2.11 bits per heavy atom. The van der Waals surface area contributed by atoms with Gasteiger partial charge >= 0.3 is 0 Å². The maximum atomic E-state index is 4.49. The molecule has 96 valence electrons. The van der Waals surface area contributed by atoms with Crippen LogP contribution in [0.2, 0.25) is 0 Å². The number of aromatic nitrogens is 3. The van der Waals surface area contributed by atoms with Crippen LogP contribution < -0.4 is 5.32 Å². The molecule has 0 saturated carbocycles. The van der Waals surface area contributed by atoms with E-state index >= 15 is 0 Å². The Morgan fingerprint density at radius 3 is 2.78 bits per heavy atom. The van der Waals surface area contributed by atoms with Crippen molar-refractivity contribution in [1.82, 2.24) is 20.1 Å². The largest absolute Gasteiger partial charge is 0.311 e. The van der Waals surface area contributed by atoms with Gasteiger partial charge in [0.1, 0.15) is 0 Å². The first-order chi connectivity index (χ1) is 8.75. The molecule has 4 nitrogen and oxygen atoms in total. The second-order valence-electron chi connectivity index (χ2n) is 4.63. The average Bonchev–Trinajstić information content (AvgIpc) is 2.85. The van der Waals surface area contributed by atoms with E-state index in [9.17, 15) is 0 Å². The lowest BCUT2D eigenvalue weighted by atomic mass is 10.3. The number of nitrogens with zero attached hydrogens (tertiary/aromatic N) is 3. The van der Waals surface area contributed by atoms with Gasteiger partial charge in [-0.25, -0.2) is 0 Å². The third-order valence-corrected chi connectivity index (χ3v) is 2.78. The Balaban J connectivity index is 1.72. The summed E-state index contributed by atoms with van der Waals surface area (Å²) in [6, 6.07) is 8.50. The maximum absolute atomic E-state index is 4.49. The summed E-state index contributed by atoms with van der Waals surface area (Å²) in [4.78, 5) is 4.29. The molecule has 0 amide bonds. The summed E-state index contributed by atoms with van der Waals surface area (Å²) in [7, 11) is 0. The summed E-state index contributed by atoms with van der Waals surface area (Å²) in [6.45, 7) is 5.99. The first-order valence-corrected chi connectivity index (χ1v) is 6.40. The second kappa shape index (κ2) is 6.31. The highest BCUT2D eigenvalue weighted by Crippen LogP contribution is 2.03. The maximum Gasteiger partial charge on any atom is 0.0762 e. The Hall–Kier alpha value is -1.68. The minimum atomic E-state index is 0.423. The van der Waals surface area contributed by atoms with Gasteiger partial charge in [0.15, 0.2) is 0 Å². The monoisotopic (exact) mass is 244 g/mol. The van der Waals surface area contributed by atoms with Crippen molar-refractivity contribution in [3.8, 4) is 0 Å². The highest BCUT2D eigenvalue weighted by molar-refractivity contribution is 5.04. The van der Waals surface area contributed by atoms with E-state index in [0.29, 0.717) is 6.04 Å².